The molecule has 4 rings (SSSR count). The summed E-state index contributed by atoms with van der Waals surface area (Å²) >= 11 is 1.30. The molecule has 0 spiro atoms. The summed E-state index contributed by atoms with van der Waals surface area (Å²) in [5, 5.41) is 3.10. The van der Waals surface area contributed by atoms with Crippen molar-refractivity contribution in [2.45, 2.75) is 30.2 Å². The fourth-order valence-electron chi connectivity index (χ4n) is 3.61. The lowest BCUT2D eigenvalue weighted by Crippen LogP contribution is -2.31. The number of benzene rings is 2. The molecule has 1 amide bonds. The summed E-state index contributed by atoms with van der Waals surface area (Å²) in [5.74, 6) is 0.892. The zero-order valence-corrected chi connectivity index (χ0v) is 18.4. The number of nitrogens with one attached hydrogen (secondary N) is 2. The van der Waals surface area contributed by atoms with Crippen LogP contribution >= 0.6 is 11.8 Å². The molecule has 0 bridgehead atoms. The smallest absolute Gasteiger partial charge is 0.257 e. The topological polar surface area (TPSA) is 93.3 Å². The molecule has 7 nitrogen and oxygen atoms in total. The van der Waals surface area contributed by atoms with Gasteiger partial charge < -0.3 is 19.8 Å². The van der Waals surface area contributed by atoms with Crippen molar-refractivity contribution in [1.29, 1.82) is 0 Å². The van der Waals surface area contributed by atoms with Crippen molar-refractivity contribution in [3.05, 3.63) is 75.3 Å². The molecular formula is C23H22FN3O4S. The Balaban J connectivity index is 1.64. The Kier molecular flexibility index (Phi) is 6.45. The summed E-state index contributed by atoms with van der Waals surface area (Å²) in [4.78, 5) is 32.7. The molecule has 2 aromatic carbocycles. The number of amides is 1. The van der Waals surface area contributed by atoms with E-state index in [0.29, 0.717) is 34.6 Å². The summed E-state index contributed by atoms with van der Waals surface area (Å²) in [6.45, 7) is 2.37. The Labute approximate surface area is 188 Å². The van der Waals surface area contributed by atoms with E-state index in [4.69, 9.17) is 9.47 Å². The summed E-state index contributed by atoms with van der Waals surface area (Å²) in [6.07, 6.45) is 0.122. The minimum Gasteiger partial charge on any atom is -0.493 e. The molecule has 1 atom stereocenters. The summed E-state index contributed by atoms with van der Waals surface area (Å²) in [7, 11) is 1.54. The molecule has 0 saturated carbocycles. The number of hydrogen-bond donors (Lipinski definition) is 2. The first-order valence-corrected chi connectivity index (χ1v) is 11.1. The molecule has 1 aliphatic rings. The second-order valence-corrected chi connectivity index (χ2v) is 8.16. The molecule has 1 aliphatic heterocycles. The van der Waals surface area contributed by atoms with Gasteiger partial charge in [0, 0.05) is 18.1 Å². The van der Waals surface area contributed by atoms with Crippen LogP contribution < -0.4 is 20.3 Å². The molecule has 2 N–H and O–H groups in total. The quantitative estimate of drug-likeness (QED) is 0.412. The maximum Gasteiger partial charge on any atom is 0.257 e. The molecule has 9 heteroatoms. The largest absolute Gasteiger partial charge is 0.493 e. The third-order valence-corrected chi connectivity index (χ3v) is 6.05. The number of aromatic amines is 1. The van der Waals surface area contributed by atoms with Gasteiger partial charge in [0.15, 0.2) is 16.7 Å². The SMILES string of the molecule is CCOc1ccc([C@@H]2CC(=O)Nc3nc(SCc4ccc(F)cc4)[nH]c(=O)c32)cc1OC. The van der Waals surface area contributed by atoms with Crippen molar-refractivity contribution < 1.29 is 18.7 Å². The fourth-order valence-corrected chi connectivity index (χ4v) is 4.43. The zero-order chi connectivity index (χ0) is 22.7. The number of aromatic nitrogens is 2. The molecule has 166 valence electrons. The van der Waals surface area contributed by atoms with E-state index in [1.807, 2.05) is 13.0 Å². The molecule has 2 heterocycles. The Morgan fingerprint density at radius 2 is 1.94 bits per heavy atom. The summed E-state index contributed by atoms with van der Waals surface area (Å²) in [6, 6.07) is 11.5. The van der Waals surface area contributed by atoms with Crippen molar-refractivity contribution in [2.75, 3.05) is 19.0 Å². The molecule has 32 heavy (non-hydrogen) atoms. The molecule has 3 aromatic rings. The number of thioether (sulfide) groups is 1. The second kappa shape index (κ2) is 9.44. The van der Waals surface area contributed by atoms with Crippen LogP contribution in [0.2, 0.25) is 0 Å². The van der Waals surface area contributed by atoms with Crippen molar-refractivity contribution in [2.24, 2.45) is 0 Å². The van der Waals surface area contributed by atoms with E-state index in [1.165, 1.54) is 23.9 Å². The number of carbonyl (C=O) groups excluding carboxylic acids is 1. The molecule has 0 fully saturated rings. The van der Waals surface area contributed by atoms with Gasteiger partial charge in [-0.25, -0.2) is 9.37 Å². The standard InChI is InChI=1S/C23H22FN3O4S/c1-3-31-17-9-6-14(10-18(17)30-2)16-11-19(28)25-21-20(16)22(29)27-23(26-21)32-12-13-4-7-15(24)8-5-13/h4-10,16H,3,11-12H2,1-2H3,(H2,25,26,27,28,29)/t16-/m0/s1. The second-order valence-electron chi connectivity index (χ2n) is 7.20. The van der Waals surface area contributed by atoms with Crippen LogP contribution in [0.3, 0.4) is 0 Å². The van der Waals surface area contributed by atoms with Crippen LogP contribution in [0.25, 0.3) is 0 Å². The van der Waals surface area contributed by atoms with Gasteiger partial charge in [-0.15, -0.1) is 0 Å². The van der Waals surface area contributed by atoms with Gasteiger partial charge in [0.2, 0.25) is 5.91 Å². The first-order valence-electron chi connectivity index (χ1n) is 10.1. The van der Waals surface area contributed by atoms with E-state index in [0.717, 1.165) is 11.1 Å². The Hall–Kier alpha value is -3.33. The van der Waals surface area contributed by atoms with Gasteiger partial charge in [0.25, 0.3) is 5.56 Å². The van der Waals surface area contributed by atoms with Gasteiger partial charge in [-0.05, 0) is 42.3 Å². The first kappa shape index (κ1) is 21.9. The lowest BCUT2D eigenvalue weighted by molar-refractivity contribution is -0.116. The number of fused-ring (bicyclic) bond motifs is 1. The maximum absolute atomic E-state index is 13.1. The predicted molar refractivity (Wildman–Crippen MR) is 120 cm³/mol. The van der Waals surface area contributed by atoms with Crippen LogP contribution in [0.5, 0.6) is 11.5 Å². The fraction of sp³-hybridized carbons (Fsp3) is 0.261. The maximum atomic E-state index is 13.1. The highest BCUT2D eigenvalue weighted by molar-refractivity contribution is 7.98. The summed E-state index contributed by atoms with van der Waals surface area (Å²) < 4.78 is 24.1. The zero-order valence-electron chi connectivity index (χ0n) is 17.6. The Morgan fingerprint density at radius 1 is 1.16 bits per heavy atom. The minimum absolute atomic E-state index is 0.122. The van der Waals surface area contributed by atoms with Crippen LogP contribution in [0.4, 0.5) is 10.2 Å². The number of methoxy groups -OCH3 is 1. The number of hydrogen-bond acceptors (Lipinski definition) is 6. The third-order valence-electron chi connectivity index (χ3n) is 5.11. The van der Waals surface area contributed by atoms with Crippen LogP contribution in [-0.4, -0.2) is 29.6 Å². The molecule has 0 unspecified atom stereocenters. The van der Waals surface area contributed by atoms with Gasteiger partial charge in [-0.1, -0.05) is 30.0 Å². The predicted octanol–water partition coefficient (Wildman–Crippen LogP) is 4.08. The Bertz CT molecular complexity index is 1200. The monoisotopic (exact) mass is 455 g/mol. The number of anilines is 1. The average Bonchev–Trinajstić information content (AvgIpc) is 2.78. The van der Waals surface area contributed by atoms with Gasteiger partial charge >= 0.3 is 0 Å². The number of ether oxygens (including phenoxy) is 2. The molecule has 0 radical (unpaired) electrons. The van der Waals surface area contributed by atoms with Crippen molar-refractivity contribution in [3.63, 3.8) is 0 Å². The molecular weight excluding hydrogens is 433 g/mol. The summed E-state index contributed by atoms with van der Waals surface area (Å²) in [5.41, 5.74) is 1.75. The van der Waals surface area contributed by atoms with E-state index < -0.39 is 5.92 Å². The number of halogens is 1. The van der Waals surface area contributed by atoms with Crippen LogP contribution in [-0.2, 0) is 10.5 Å². The van der Waals surface area contributed by atoms with Gasteiger partial charge in [0.1, 0.15) is 11.6 Å². The number of rotatable bonds is 7. The number of nitrogens with zero attached hydrogens (tertiary/aromatic N) is 1. The van der Waals surface area contributed by atoms with E-state index in [-0.39, 0.29) is 29.5 Å². The van der Waals surface area contributed by atoms with Crippen molar-refractivity contribution in [1.82, 2.24) is 9.97 Å². The highest BCUT2D eigenvalue weighted by Crippen LogP contribution is 2.38. The number of carbonyl (C=O) groups is 1. The molecule has 0 aliphatic carbocycles. The van der Waals surface area contributed by atoms with Crippen LogP contribution in [0, 0.1) is 5.82 Å². The third kappa shape index (κ3) is 4.62. The van der Waals surface area contributed by atoms with Crippen molar-refractivity contribution in [3.8, 4) is 11.5 Å². The van der Waals surface area contributed by atoms with Gasteiger partial charge in [0.05, 0.1) is 19.3 Å². The van der Waals surface area contributed by atoms with E-state index in [9.17, 15) is 14.0 Å². The van der Waals surface area contributed by atoms with Crippen LogP contribution in [0.1, 0.15) is 36.0 Å². The highest BCUT2D eigenvalue weighted by Gasteiger charge is 2.31. The normalized spacial score (nSPS) is 15.1. The van der Waals surface area contributed by atoms with Gasteiger partial charge in [-0.3, -0.25) is 9.59 Å². The number of H-pyrrole nitrogens is 1. The lowest BCUT2D eigenvalue weighted by Gasteiger charge is -2.25. The Morgan fingerprint density at radius 3 is 2.66 bits per heavy atom. The highest BCUT2D eigenvalue weighted by atomic mass is 32.2. The first-order chi connectivity index (χ1) is 15.5. The average molecular weight is 456 g/mol. The lowest BCUT2D eigenvalue weighted by atomic mass is 9.86. The van der Waals surface area contributed by atoms with E-state index >= 15 is 0 Å². The van der Waals surface area contributed by atoms with E-state index in [1.54, 1.807) is 31.4 Å². The molecule has 1 aromatic heterocycles. The minimum atomic E-state index is -0.462. The van der Waals surface area contributed by atoms with Gasteiger partial charge in [-0.2, -0.15) is 0 Å². The van der Waals surface area contributed by atoms with E-state index in [2.05, 4.69) is 15.3 Å². The van der Waals surface area contributed by atoms with Crippen LogP contribution in [0.15, 0.2) is 52.4 Å². The van der Waals surface area contributed by atoms with Crippen molar-refractivity contribution >= 4 is 23.5 Å². The molecule has 0 saturated heterocycles.